The van der Waals surface area contributed by atoms with E-state index >= 15 is 0 Å². The summed E-state index contributed by atoms with van der Waals surface area (Å²) in [5.74, 6) is 1.03. The topological polar surface area (TPSA) is 97.6 Å². The second-order valence-electron chi connectivity index (χ2n) is 7.39. The normalized spacial score (nSPS) is 17.3. The van der Waals surface area contributed by atoms with Gasteiger partial charge in [0.25, 0.3) is 0 Å². The van der Waals surface area contributed by atoms with E-state index < -0.39 is 9.84 Å². The van der Waals surface area contributed by atoms with Crippen molar-refractivity contribution in [3.8, 4) is 22.7 Å². The van der Waals surface area contributed by atoms with Gasteiger partial charge in [0.2, 0.25) is 0 Å². The lowest BCUT2D eigenvalue weighted by molar-refractivity contribution is 0.415. The number of hydrazone groups is 1. The molecule has 0 aliphatic carbocycles. The number of methoxy groups -OCH3 is 1. The number of sulfone groups is 1. The molecule has 2 heterocycles. The lowest BCUT2D eigenvalue weighted by atomic mass is 10.1. The van der Waals surface area contributed by atoms with Crippen LogP contribution in [0.25, 0.3) is 16.9 Å². The van der Waals surface area contributed by atoms with E-state index in [0.717, 1.165) is 28.3 Å². The summed E-state index contributed by atoms with van der Waals surface area (Å²) in [6.07, 6.45) is 4.07. The van der Waals surface area contributed by atoms with E-state index in [-0.39, 0.29) is 22.7 Å². The van der Waals surface area contributed by atoms with Gasteiger partial charge in [-0.25, -0.2) is 13.1 Å². The fraction of sp³-hybridized carbons (Fsp3) is 0.227. The van der Waals surface area contributed by atoms with Gasteiger partial charge in [0, 0.05) is 23.4 Å². The van der Waals surface area contributed by atoms with Crippen molar-refractivity contribution in [2.75, 3.05) is 18.6 Å². The fourth-order valence-corrected chi connectivity index (χ4v) is 5.35. The molecule has 1 atom stereocenters. The van der Waals surface area contributed by atoms with E-state index in [1.54, 1.807) is 18.0 Å². The van der Waals surface area contributed by atoms with Gasteiger partial charge in [0.1, 0.15) is 11.4 Å². The Kier molecular flexibility index (Phi) is 6.52. The molecule has 32 heavy (non-hydrogen) atoms. The van der Waals surface area contributed by atoms with Crippen molar-refractivity contribution < 1.29 is 13.2 Å². The number of hydrogen-bond donors (Lipinski definition) is 2. The molecule has 1 aromatic heterocycles. The molecule has 2 aromatic carbocycles. The van der Waals surface area contributed by atoms with E-state index in [9.17, 15) is 8.42 Å². The number of nitrogens with one attached hydrogen (secondary N) is 2. The largest absolute Gasteiger partial charge is 0.497 e. The Balaban J connectivity index is 1.53. The molecular weight excluding hydrogens is 446 g/mol. The van der Waals surface area contributed by atoms with Crippen molar-refractivity contribution in [2.45, 2.75) is 12.5 Å². The van der Waals surface area contributed by atoms with Gasteiger partial charge in [-0.2, -0.15) is 10.2 Å². The standard InChI is InChI=1S/C22H23N5O3S2/c1-30-20-9-7-16(8-10-20)21-17(14-27(26-21)19-5-3-2-4-6-19)13-23-25-22(31)24-18-11-12-32(28,29)15-18/h2-10,13-14,18H,11-12,15H2,1H3,(H2,24,25,31)/b23-13+. The van der Waals surface area contributed by atoms with Gasteiger partial charge >= 0.3 is 0 Å². The minimum absolute atomic E-state index is 0.0873. The van der Waals surface area contributed by atoms with Gasteiger partial charge in [-0.15, -0.1) is 0 Å². The quantitative estimate of drug-likeness (QED) is 0.325. The summed E-state index contributed by atoms with van der Waals surface area (Å²) < 4.78 is 30.2. The first kappa shape index (κ1) is 22.0. The van der Waals surface area contributed by atoms with Crippen LogP contribution in [0.4, 0.5) is 0 Å². The summed E-state index contributed by atoms with van der Waals surface area (Å²) in [7, 11) is -1.35. The van der Waals surface area contributed by atoms with Crippen molar-refractivity contribution in [3.63, 3.8) is 0 Å². The van der Waals surface area contributed by atoms with E-state index in [2.05, 4.69) is 15.8 Å². The highest BCUT2D eigenvalue weighted by Gasteiger charge is 2.28. The average molecular weight is 470 g/mol. The second kappa shape index (κ2) is 9.49. The van der Waals surface area contributed by atoms with Crippen molar-refractivity contribution in [2.24, 2.45) is 5.10 Å². The molecule has 0 radical (unpaired) electrons. The van der Waals surface area contributed by atoms with E-state index in [1.807, 2.05) is 60.8 Å². The molecule has 0 amide bonds. The molecule has 4 rings (SSSR count). The third-order valence-electron chi connectivity index (χ3n) is 5.06. The third kappa shape index (κ3) is 5.32. The Labute approximate surface area is 192 Å². The number of rotatable bonds is 6. The maximum Gasteiger partial charge on any atom is 0.187 e. The molecule has 3 aromatic rings. The van der Waals surface area contributed by atoms with Crippen LogP contribution in [0.1, 0.15) is 12.0 Å². The first-order valence-electron chi connectivity index (χ1n) is 10.0. The SMILES string of the molecule is COc1ccc(-c2nn(-c3ccccc3)cc2/C=N/NC(=S)NC2CCS(=O)(=O)C2)cc1. The molecule has 1 unspecified atom stereocenters. The number of ether oxygens (including phenoxy) is 1. The third-order valence-corrected chi connectivity index (χ3v) is 7.04. The molecule has 1 fully saturated rings. The predicted octanol–water partition coefficient (Wildman–Crippen LogP) is 2.53. The summed E-state index contributed by atoms with van der Waals surface area (Å²) in [6, 6.07) is 17.2. The molecule has 8 nitrogen and oxygen atoms in total. The van der Waals surface area contributed by atoms with Crippen LogP contribution in [-0.2, 0) is 9.84 Å². The lowest BCUT2D eigenvalue weighted by Gasteiger charge is -2.12. The van der Waals surface area contributed by atoms with Gasteiger partial charge in [-0.1, -0.05) is 18.2 Å². The first-order chi connectivity index (χ1) is 15.4. The van der Waals surface area contributed by atoms with E-state index in [1.165, 1.54) is 0 Å². The number of thiocarbonyl (C=S) groups is 1. The Bertz CT molecular complexity index is 1220. The number of hydrogen-bond acceptors (Lipinski definition) is 6. The minimum Gasteiger partial charge on any atom is -0.497 e. The first-order valence-corrected chi connectivity index (χ1v) is 12.3. The van der Waals surface area contributed by atoms with Crippen molar-refractivity contribution in [3.05, 3.63) is 66.4 Å². The molecule has 10 heteroatoms. The summed E-state index contributed by atoms with van der Waals surface area (Å²) in [5.41, 5.74) is 6.15. The Hall–Kier alpha value is -3.24. The van der Waals surface area contributed by atoms with Gasteiger partial charge < -0.3 is 10.1 Å². The predicted molar refractivity (Wildman–Crippen MR) is 129 cm³/mol. The highest BCUT2D eigenvalue weighted by molar-refractivity contribution is 7.91. The van der Waals surface area contributed by atoms with Crippen LogP contribution in [0.15, 0.2) is 65.9 Å². The highest BCUT2D eigenvalue weighted by atomic mass is 32.2. The Morgan fingerprint density at radius 3 is 2.62 bits per heavy atom. The molecule has 0 spiro atoms. The number of nitrogens with zero attached hydrogens (tertiary/aromatic N) is 3. The van der Waals surface area contributed by atoms with Crippen LogP contribution in [0.3, 0.4) is 0 Å². The summed E-state index contributed by atoms with van der Waals surface area (Å²) in [5, 5.41) is 12.3. The summed E-state index contributed by atoms with van der Waals surface area (Å²) in [4.78, 5) is 0. The van der Waals surface area contributed by atoms with Gasteiger partial charge in [-0.3, -0.25) is 5.43 Å². The van der Waals surface area contributed by atoms with Gasteiger partial charge in [-0.05, 0) is 55.0 Å². The van der Waals surface area contributed by atoms with Crippen LogP contribution in [0.2, 0.25) is 0 Å². The summed E-state index contributed by atoms with van der Waals surface area (Å²) >= 11 is 5.25. The van der Waals surface area contributed by atoms with E-state index in [4.69, 9.17) is 22.1 Å². The van der Waals surface area contributed by atoms with Crippen LogP contribution in [0, 0.1) is 0 Å². The molecule has 0 bridgehead atoms. The zero-order valence-corrected chi connectivity index (χ0v) is 19.1. The summed E-state index contributed by atoms with van der Waals surface area (Å²) in [6.45, 7) is 0. The lowest BCUT2D eigenvalue weighted by Crippen LogP contribution is -2.40. The van der Waals surface area contributed by atoms with Gasteiger partial charge in [0.05, 0.1) is 30.5 Å². The molecule has 0 saturated carbocycles. The highest BCUT2D eigenvalue weighted by Crippen LogP contribution is 2.25. The van der Waals surface area contributed by atoms with Crippen LogP contribution >= 0.6 is 12.2 Å². The number of para-hydroxylation sites is 1. The molecule has 1 saturated heterocycles. The smallest absolute Gasteiger partial charge is 0.187 e. The number of benzene rings is 2. The molecule has 2 N–H and O–H groups in total. The zero-order chi connectivity index (χ0) is 22.6. The maximum absolute atomic E-state index is 11.6. The monoisotopic (exact) mass is 469 g/mol. The molecular formula is C22H23N5O3S2. The second-order valence-corrected chi connectivity index (χ2v) is 10.0. The van der Waals surface area contributed by atoms with Crippen molar-refractivity contribution in [1.82, 2.24) is 20.5 Å². The maximum atomic E-state index is 11.6. The van der Waals surface area contributed by atoms with Crippen LogP contribution in [-0.4, -0.2) is 54.2 Å². The fourth-order valence-electron chi connectivity index (χ4n) is 3.45. The Morgan fingerprint density at radius 1 is 1.22 bits per heavy atom. The van der Waals surface area contributed by atoms with Crippen LogP contribution < -0.4 is 15.5 Å². The minimum atomic E-state index is -2.98. The zero-order valence-electron chi connectivity index (χ0n) is 17.4. The molecule has 166 valence electrons. The molecule has 1 aliphatic heterocycles. The van der Waals surface area contributed by atoms with Crippen molar-refractivity contribution in [1.29, 1.82) is 0 Å². The Morgan fingerprint density at radius 2 is 1.97 bits per heavy atom. The average Bonchev–Trinajstić information content (AvgIpc) is 3.37. The van der Waals surface area contributed by atoms with Crippen LogP contribution in [0.5, 0.6) is 5.75 Å². The van der Waals surface area contributed by atoms with Crippen molar-refractivity contribution >= 4 is 33.4 Å². The van der Waals surface area contributed by atoms with E-state index in [0.29, 0.717) is 6.42 Å². The number of aromatic nitrogens is 2. The van der Waals surface area contributed by atoms with Gasteiger partial charge in [0.15, 0.2) is 14.9 Å². The molecule has 1 aliphatic rings.